The Bertz CT molecular complexity index is 1700. The molecule has 7 rings (SSSR count). The molecule has 13 heteroatoms. The van der Waals surface area contributed by atoms with Crippen molar-refractivity contribution in [3.63, 3.8) is 0 Å². The highest BCUT2D eigenvalue weighted by Crippen LogP contribution is 2.54. The Morgan fingerprint density at radius 2 is 2.04 bits per heavy atom. The number of ether oxygens (including phenoxy) is 2. The van der Waals surface area contributed by atoms with E-state index in [-0.39, 0.29) is 54.1 Å². The van der Waals surface area contributed by atoms with Crippen molar-refractivity contribution in [1.82, 2.24) is 9.88 Å². The highest BCUT2D eigenvalue weighted by molar-refractivity contribution is 8.94. The summed E-state index contributed by atoms with van der Waals surface area (Å²) >= 11 is 0. The van der Waals surface area contributed by atoms with Gasteiger partial charge in [-0.05, 0) is 82.1 Å². The van der Waals surface area contributed by atoms with Gasteiger partial charge < -0.3 is 24.5 Å². The van der Waals surface area contributed by atoms with E-state index in [1.165, 1.54) is 0 Å². The number of rotatable bonds is 5. The van der Waals surface area contributed by atoms with Crippen molar-refractivity contribution >= 4 is 47.4 Å². The maximum atomic E-state index is 15.4. The highest BCUT2D eigenvalue weighted by Gasteiger charge is 2.53. The van der Waals surface area contributed by atoms with Crippen molar-refractivity contribution < 1.29 is 28.6 Å². The predicted molar refractivity (Wildman–Crippen MR) is 176 cm³/mol. The third-order valence-electron chi connectivity index (χ3n) is 10.5. The fraction of sp³-hybridized carbons (Fsp3) is 0.562. The van der Waals surface area contributed by atoms with Gasteiger partial charge >= 0.3 is 12.1 Å². The topological polar surface area (TPSA) is 119 Å². The molecule has 2 N–H and O–H groups in total. The van der Waals surface area contributed by atoms with Crippen LogP contribution in [0.25, 0.3) is 0 Å². The van der Waals surface area contributed by atoms with Gasteiger partial charge in [-0.1, -0.05) is 42.1 Å². The van der Waals surface area contributed by atoms with Gasteiger partial charge in [0.1, 0.15) is 18.5 Å². The maximum Gasteiger partial charge on any atom is 0.407 e. The average Bonchev–Trinajstić information content (AvgIpc) is 3.37. The quantitative estimate of drug-likeness (QED) is 0.238. The van der Waals surface area contributed by atoms with Crippen LogP contribution in [-0.4, -0.2) is 50.4 Å². The van der Waals surface area contributed by atoms with Gasteiger partial charge in [0.15, 0.2) is 5.60 Å². The number of amides is 1. The van der Waals surface area contributed by atoms with E-state index >= 15 is 4.39 Å². The number of dihydropyridines is 1. The van der Waals surface area contributed by atoms with Crippen molar-refractivity contribution in [3.8, 4) is 0 Å². The van der Waals surface area contributed by atoms with Crippen LogP contribution >= 0.6 is 29.6 Å². The van der Waals surface area contributed by atoms with Crippen LogP contribution in [0.4, 0.5) is 9.18 Å². The molecule has 4 heterocycles. The van der Waals surface area contributed by atoms with E-state index in [4.69, 9.17) is 14.5 Å². The lowest BCUT2D eigenvalue weighted by atomic mass is 9.61. The van der Waals surface area contributed by atoms with Gasteiger partial charge in [0, 0.05) is 22.3 Å². The lowest BCUT2D eigenvalue weighted by molar-refractivity contribution is -0.172. The van der Waals surface area contributed by atoms with Crippen LogP contribution in [0.3, 0.4) is 0 Å². The number of aromatic nitrogens is 1. The van der Waals surface area contributed by atoms with Gasteiger partial charge in [-0.2, -0.15) is 0 Å². The zero-order chi connectivity index (χ0) is 31.8. The summed E-state index contributed by atoms with van der Waals surface area (Å²) in [4.78, 5) is 45.0. The minimum absolute atomic E-state index is 0.0363. The summed E-state index contributed by atoms with van der Waals surface area (Å²) in [5, 5.41) is 15.0. The number of aliphatic hydroxyl groups is 1. The fourth-order valence-electron chi connectivity index (χ4n) is 8.18. The van der Waals surface area contributed by atoms with E-state index < -0.39 is 29.2 Å². The van der Waals surface area contributed by atoms with E-state index in [0.29, 0.717) is 35.1 Å². The van der Waals surface area contributed by atoms with Crippen LogP contribution in [0.2, 0.25) is 0 Å². The average molecular weight is 674 g/mol. The summed E-state index contributed by atoms with van der Waals surface area (Å²) in [7, 11) is 6.20. The Labute approximate surface area is 270 Å². The van der Waals surface area contributed by atoms with Crippen LogP contribution in [0.15, 0.2) is 50.0 Å². The van der Waals surface area contributed by atoms with E-state index in [0.717, 1.165) is 42.4 Å². The number of pyridine rings is 1. The van der Waals surface area contributed by atoms with Crippen LogP contribution < -0.4 is 10.9 Å². The fourth-order valence-corrected chi connectivity index (χ4v) is 11.3. The summed E-state index contributed by atoms with van der Waals surface area (Å²) in [6.45, 7) is 5.33. The number of nitrogens with zero attached hydrogens (tertiary/aromatic N) is 2. The molecule has 9 nitrogen and oxygen atoms in total. The third-order valence-corrected chi connectivity index (χ3v) is 13.6. The minimum Gasteiger partial charge on any atom is -0.458 e. The lowest BCUT2D eigenvalue weighted by Crippen LogP contribution is -2.51. The Balaban J connectivity index is 1.28. The summed E-state index contributed by atoms with van der Waals surface area (Å²) < 4.78 is 28.2. The molecular formula is C32H37FN3O6PS2. The second-order valence-electron chi connectivity index (χ2n) is 13.0. The van der Waals surface area contributed by atoms with Crippen LogP contribution in [0, 0.1) is 5.92 Å². The second-order valence-corrected chi connectivity index (χ2v) is 17.0. The van der Waals surface area contributed by atoms with Gasteiger partial charge in [-0.15, -0.1) is 0 Å². The van der Waals surface area contributed by atoms with Crippen molar-refractivity contribution in [1.29, 1.82) is 0 Å². The van der Waals surface area contributed by atoms with E-state index in [2.05, 4.69) is 13.8 Å². The molecule has 3 aliphatic heterocycles. The number of allylic oxidation sites excluding steroid dienone is 3. The van der Waals surface area contributed by atoms with Crippen molar-refractivity contribution in [2.75, 3.05) is 0 Å². The molecule has 0 radical (unpaired) electrons. The molecule has 0 bridgehead atoms. The smallest absolute Gasteiger partial charge is 0.407 e. The monoisotopic (exact) mass is 673 g/mol. The minimum atomic E-state index is -1.95. The largest absolute Gasteiger partial charge is 0.458 e. The number of aliphatic imine (C=N–C) groups is 1. The van der Waals surface area contributed by atoms with Gasteiger partial charge in [0.25, 0.3) is 5.56 Å². The summed E-state index contributed by atoms with van der Waals surface area (Å²) in [6, 6.07) is 1.27. The molecule has 1 aromatic rings. The van der Waals surface area contributed by atoms with Crippen LogP contribution in [0.5, 0.6) is 0 Å². The number of halogens is 1. The molecule has 1 amide bonds. The first kappa shape index (κ1) is 31.2. The molecule has 3 aliphatic carbocycles. The Morgan fingerprint density at radius 3 is 2.76 bits per heavy atom. The number of carbonyl (C=O) groups is 2. The molecule has 240 valence electrons. The Hall–Kier alpha value is -2.40. The SMILES string of the molecule is CC[C@@]1(O)C(=O)OCc2c1cc1n(c2=O)CC2=C3C4C(=C(C)C(F)=CC4(C)N=C21)CC[C@@H]3NC(=O)OC1CCC(SSP)CC1. The molecule has 0 aromatic carbocycles. The van der Waals surface area contributed by atoms with E-state index in [9.17, 15) is 19.5 Å². The molecule has 1 aromatic heterocycles. The predicted octanol–water partition coefficient (Wildman–Crippen LogP) is 5.55. The Kier molecular flexibility index (Phi) is 7.90. The zero-order valence-electron chi connectivity index (χ0n) is 25.5. The molecule has 0 spiro atoms. The van der Waals surface area contributed by atoms with E-state index in [1.807, 2.05) is 17.7 Å². The zero-order valence-corrected chi connectivity index (χ0v) is 28.3. The number of nitrogens with one attached hydrogen (secondary N) is 1. The number of hydrogen-bond acceptors (Lipinski definition) is 9. The summed E-state index contributed by atoms with van der Waals surface area (Å²) in [5.74, 6) is -1.40. The van der Waals surface area contributed by atoms with Crippen molar-refractivity contribution in [2.45, 2.75) is 107 Å². The molecule has 5 atom stereocenters. The van der Waals surface area contributed by atoms with Gasteiger partial charge in [0.2, 0.25) is 0 Å². The number of cyclic esters (lactones) is 1. The molecule has 0 saturated heterocycles. The third kappa shape index (κ3) is 4.88. The first-order chi connectivity index (χ1) is 21.5. The number of carbonyl (C=O) groups excluding carboxylic acids is 2. The maximum absolute atomic E-state index is 15.4. The van der Waals surface area contributed by atoms with Gasteiger partial charge in [-0.25, -0.2) is 14.0 Å². The molecule has 2 saturated carbocycles. The Morgan fingerprint density at radius 1 is 1.29 bits per heavy atom. The number of esters is 1. The van der Waals surface area contributed by atoms with Crippen LogP contribution in [0.1, 0.15) is 82.5 Å². The number of hydrogen-bond donors (Lipinski definition) is 2. The first-order valence-electron chi connectivity index (χ1n) is 15.6. The van der Waals surface area contributed by atoms with Crippen LogP contribution in [-0.2, 0) is 33.0 Å². The van der Waals surface area contributed by atoms with Crippen molar-refractivity contribution in [2.24, 2.45) is 10.9 Å². The van der Waals surface area contributed by atoms with E-state index in [1.54, 1.807) is 41.0 Å². The molecule has 2 fully saturated rings. The highest BCUT2D eigenvalue weighted by atomic mass is 33.3. The molecular weight excluding hydrogens is 636 g/mol. The number of fused-ring (bicyclic) bond motifs is 4. The molecule has 45 heavy (non-hydrogen) atoms. The standard InChI is InChI=1S/C32H37FN3O6PS2/c1-4-32(40)21-11-24-27-19(13-36(24)28(37)20(21)14-41-29(32)38)25-23(34-30(39)42-16-5-7-17(8-6-16)44-45-43)10-9-18-15(2)22(33)12-31(3,35-27)26(18)25/h11-12,16-17,23,26,40H,4-10,13-14,43H2,1-3H3,(H,34,39)/t16?,17?,23-,26?,31?,32-/m0/s1. The summed E-state index contributed by atoms with van der Waals surface area (Å²) in [6.07, 6.45) is 5.76. The molecule has 3 unspecified atom stereocenters. The summed E-state index contributed by atoms with van der Waals surface area (Å²) in [5.41, 5.74) is 1.43. The first-order valence-corrected chi connectivity index (χ1v) is 19.3. The lowest BCUT2D eigenvalue weighted by Gasteiger charge is -2.48. The van der Waals surface area contributed by atoms with Crippen molar-refractivity contribution in [3.05, 3.63) is 67.4 Å². The van der Waals surface area contributed by atoms with Gasteiger partial charge in [-0.3, -0.25) is 9.79 Å². The number of alkyl carbamates (subject to hydrolysis) is 1. The second kappa shape index (κ2) is 11.4. The molecule has 6 aliphatic rings. The normalized spacial score (nSPS) is 33.3. The van der Waals surface area contributed by atoms with Gasteiger partial charge in [0.05, 0.1) is 35.1 Å².